The molecule has 0 radical (unpaired) electrons. The van der Waals surface area contributed by atoms with Gasteiger partial charge in [-0.1, -0.05) is 6.07 Å². The lowest BCUT2D eigenvalue weighted by Gasteiger charge is -2.29. The van der Waals surface area contributed by atoms with E-state index in [-0.39, 0.29) is 11.7 Å². The van der Waals surface area contributed by atoms with Crippen molar-refractivity contribution in [2.75, 3.05) is 39.8 Å². The zero-order chi connectivity index (χ0) is 16.2. The van der Waals surface area contributed by atoms with Crippen LogP contribution in [0.15, 0.2) is 30.5 Å². The number of rotatable bonds is 4. The molecule has 0 spiro atoms. The lowest BCUT2D eigenvalue weighted by molar-refractivity contribution is -0.132. The molecule has 1 N–H and O–H groups in total. The molecule has 6 heteroatoms. The van der Waals surface area contributed by atoms with Gasteiger partial charge in [-0.05, 0) is 30.8 Å². The highest BCUT2D eigenvalue weighted by Gasteiger charge is 2.18. The quantitative estimate of drug-likeness (QED) is 0.922. The van der Waals surface area contributed by atoms with Gasteiger partial charge in [-0.2, -0.15) is 0 Å². The Morgan fingerprint density at radius 2 is 2.13 bits per heavy atom. The van der Waals surface area contributed by atoms with Crippen LogP contribution in [0.2, 0.25) is 0 Å². The molecule has 0 aliphatic carbocycles. The van der Waals surface area contributed by atoms with E-state index in [4.69, 9.17) is 0 Å². The molecule has 0 atom stereocenters. The fourth-order valence-corrected chi connectivity index (χ4v) is 2.92. The summed E-state index contributed by atoms with van der Waals surface area (Å²) in [6, 6.07) is 6.67. The van der Waals surface area contributed by atoms with Crippen LogP contribution in [0.25, 0.3) is 10.9 Å². The van der Waals surface area contributed by atoms with Crippen molar-refractivity contribution in [1.29, 1.82) is 0 Å². The molecule has 0 bridgehead atoms. The molecule has 122 valence electrons. The van der Waals surface area contributed by atoms with Gasteiger partial charge in [0.05, 0.1) is 12.1 Å². The average Bonchev–Trinajstić information content (AvgIpc) is 2.58. The van der Waals surface area contributed by atoms with Crippen LogP contribution in [0, 0.1) is 5.82 Å². The zero-order valence-electron chi connectivity index (χ0n) is 13.3. The highest BCUT2D eigenvalue weighted by atomic mass is 19.1. The summed E-state index contributed by atoms with van der Waals surface area (Å²) in [4.78, 5) is 20.4. The summed E-state index contributed by atoms with van der Waals surface area (Å²) in [5, 5.41) is 3.76. The Morgan fingerprint density at radius 1 is 1.35 bits per heavy atom. The summed E-state index contributed by atoms with van der Waals surface area (Å²) in [5.74, 6) is -0.134. The maximum absolute atomic E-state index is 13.8. The highest BCUT2D eigenvalue weighted by Crippen LogP contribution is 2.20. The van der Waals surface area contributed by atoms with E-state index < -0.39 is 0 Å². The number of pyridine rings is 1. The van der Waals surface area contributed by atoms with Crippen molar-refractivity contribution in [3.05, 3.63) is 41.8 Å². The molecule has 0 saturated carbocycles. The number of hydrogen-bond acceptors (Lipinski definition) is 4. The van der Waals surface area contributed by atoms with Crippen molar-refractivity contribution in [2.24, 2.45) is 0 Å². The summed E-state index contributed by atoms with van der Waals surface area (Å²) in [6.45, 7) is 4.13. The predicted molar refractivity (Wildman–Crippen MR) is 87.5 cm³/mol. The van der Waals surface area contributed by atoms with E-state index in [1.165, 1.54) is 6.07 Å². The molecular weight excluding hydrogens is 295 g/mol. The minimum Gasteiger partial charge on any atom is -0.339 e. The average molecular weight is 316 g/mol. The second kappa shape index (κ2) is 7.02. The first kappa shape index (κ1) is 15.8. The summed E-state index contributed by atoms with van der Waals surface area (Å²) in [5.41, 5.74) is 1.59. The number of nitrogens with one attached hydrogen (secondary N) is 1. The van der Waals surface area contributed by atoms with Crippen LogP contribution < -0.4 is 5.32 Å². The smallest absolute Gasteiger partial charge is 0.236 e. The Kier molecular flexibility index (Phi) is 4.83. The number of aromatic nitrogens is 1. The molecule has 1 amide bonds. The minimum absolute atomic E-state index is 0.133. The molecule has 1 aromatic heterocycles. The number of carbonyl (C=O) groups excluding carboxylic acids is 1. The molecule has 1 aromatic carbocycles. The van der Waals surface area contributed by atoms with Gasteiger partial charge in [0.2, 0.25) is 5.91 Å². The SMILES string of the molecule is CN(CC(=O)N1CCNCC1)Cc1ccc(F)c2cccnc12. The minimum atomic E-state index is -0.267. The lowest BCUT2D eigenvalue weighted by Crippen LogP contribution is -2.49. The summed E-state index contributed by atoms with van der Waals surface area (Å²) < 4.78 is 13.8. The highest BCUT2D eigenvalue weighted by molar-refractivity contribution is 5.82. The third-order valence-electron chi connectivity index (χ3n) is 4.12. The predicted octanol–water partition coefficient (Wildman–Crippen LogP) is 1.24. The molecule has 23 heavy (non-hydrogen) atoms. The molecule has 2 aromatic rings. The lowest BCUT2D eigenvalue weighted by atomic mass is 10.1. The van der Waals surface area contributed by atoms with Crippen molar-refractivity contribution >= 4 is 16.8 Å². The van der Waals surface area contributed by atoms with Crippen molar-refractivity contribution < 1.29 is 9.18 Å². The number of fused-ring (bicyclic) bond motifs is 1. The maximum Gasteiger partial charge on any atom is 0.236 e. The second-order valence-electron chi connectivity index (χ2n) is 5.91. The largest absolute Gasteiger partial charge is 0.339 e. The summed E-state index contributed by atoms with van der Waals surface area (Å²) >= 11 is 0. The van der Waals surface area contributed by atoms with E-state index in [2.05, 4.69) is 10.3 Å². The third kappa shape index (κ3) is 3.65. The summed E-state index contributed by atoms with van der Waals surface area (Å²) in [6.07, 6.45) is 1.66. The summed E-state index contributed by atoms with van der Waals surface area (Å²) in [7, 11) is 1.90. The molecular formula is C17H21FN4O. The van der Waals surface area contributed by atoms with Crippen molar-refractivity contribution in [3.8, 4) is 0 Å². The first-order chi connectivity index (χ1) is 11.1. The van der Waals surface area contributed by atoms with Gasteiger partial charge in [-0.25, -0.2) is 4.39 Å². The van der Waals surface area contributed by atoms with Crippen molar-refractivity contribution in [3.63, 3.8) is 0 Å². The number of hydrogen-bond donors (Lipinski definition) is 1. The molecule has 1 fully saturated rings. The number of benzene rings is 1. The van der Waals surface area contributed by atoms with Crippen molar-refractivity contribution in [1.82, 2.24) is 20.1 Å². The van der Waals surface area contributed by atoms with Crippen molar-refractivity contribution in [2.45, 2.75) is 6.54 Å². The standard InChI is InChI=1S/C17H21FN4O/c1-21(12-16(23)22-9-7-19-8-10-22)11-13-4-5-15(18)14-3-2-6-20-17(13)14/h2-6,19H,7-12H2,1H3. The molecule has 2 heterocycles. The number of halogens is 1. The Balaban J connectivity index is 1.69. The van der Waals surface area contributed by atoms with Gasteiger partial charge < -0.3 is 10.2 Å². The molecule has 0 unspecified atom stereocenters. The fraction of sp³-hybridized carbons (Fsp3) is 0.412. The number of carbonyl (C=O) groups is 1. The Morgan fingerprint density at radius 3 is 2.91 bits per heavy atom. The Bertz CT molecular complexity index is 700. The molecule has 1 aliphatic rings. The molecule has 5 nitrogen and oxygen atoms in total. The van der Waals surface area contributed by atoms with E-state index in [0.717, 1.165) is 31.7 Å². The van der Waals surface area contributed by atoms with Crippen LogP contribution in [-0.4, -0.2) is 60.5 Å². The van der Waals surface area contributed by atoms with Gasteiger partial charge in [0.25, 0.3) is 0 Å². The Labute approximate surface area is 135 Å². The molecule has 1 saturated heterocycles. The number of amides is 1. The van der Waals surface area contributed by atoms with Crippen LogP contribution in [0.1, 0.15) is 5.56 Å². The maximum atomic E-state index is 13.8. The molecule has 3 rings (SSSR count). The first-order valence-electron chi connectivity index (χ1n) is 7.84. The van der Waals surface area contributed by atoms with E-state index in [9.17, 15) is 9.18 Å². The van der Waals surface area contributed by atoms with Gasteiger partial charge in [0.15, 0.2) is 0 Å². The van der Waals surface area contributed by atoms with Gasteiger partial charge in [-0.3, -0.25) is 14.7 Å². The molecule has 1 aliphatic heterocycles. The van der Waals surface area contributed by atoms with Crippen LogP contribution in [0.5, 0.6) is 0 Å². The van der Waals surface area contributed by atoms with Gasteiger partial charge in [-0.15, -0.1) is 0 Å². The zero-order valence-corrected chi connectivity index (χ0v) is 13.3. The van der Waals surface area contributed by atoms with Crippen LogP contribution >= 0.6 is 0 Å². The topological polar surface area (TPSA) is 48.5 Å². The number of likely N-dealkylation sites (N-methyl/N-ethyl adjacent to an activating group) is 1. The fourth-order valence-electron chi connectivity index (χ4n) is 2.92. The third-order valence-corrected chi connectivity index (χ3v) is 4.12. The van der Waals surface area contributed by atoms with Crippen LogP contribution in [-0.2, 0) is 11.3 Å². The number of nitrogens with zero attached hydrogens (tertiary/aromatic N) is 3. The van der Waals surface area contributed by atoms with Gasteiger partial charge >= 0.3 is 0 Å². The van der Waals surface area contributed by atoms with E-state index in [0.29, 0.717) is 24.0 Å². The number of piperazine rings is 1. The Hall–Kier alpha value is -2.05. The monoisotopic (exact) mass is 316 g/mol. The van der Waals surface area contributed by atoms with Gasteiger partial charge in [0, 0.05) is 44.3 Å². The van der Waals surface area contributed by atoms with E-state index in [1.54, 1.807) is 24.4 Å². The van der Waals surface area contributed by atoms with Gasteiger partial charge in [0.1, 0.15) is 5.82 Å². The second-order valence-corrected chi connectivity index (χ2v) is 5.91. The van der Waals surface area contributed by atoms with Crippen LogP contribution in [0.3, 0.4) is 0 Å². The first-order valence-corrected chi connectivity index (χ1v) is 7.84. The van der Waals surface area contributed by atoms with E-state index in [1.807, 2.05) is 16.8 Å². The van der Waals surface area contributed by atoms with E-state index >= 15 is 0 Å². The normalized spacial score (nSPS) is 15.3. The van der Waals surface area contributed by atoms with Crippen LogP contribution in [0.4, 0.5) is 4.39 Å².